The summed E-state index contributed by atoms with van der Waals surface area (Å²) >= 11 is 1.51. The Bertz CT molecular complexity index is 997. The van der Waals surface area contributed by atoms with Crippen molar-refractivity contribution >= 4 is 23.4 Å². The Labute approximate surface area is 172 Å². The van der Waals surface area contributed by atoms with Gasteiger partial charge in [-0.1, -0.05) is 23.9 Å². The van der Waals surface area contributed by atoms with Crippen LogP contribution in [0, 0.1) is 27.9 Å². The van der Waals surface area contributed by atoms with Crippen LogP contribution < -0.4 is 0 Å². The van der Waals surface area contributed by atoms with Gasteiger partial charge in [0.25, 0.3) is 11.6 Å². The van der Waals surface area contributed by atoms with Crippen molar-refractivity contribution in [2.75, 3.05) is 0 Å². The molecule has 0 unspecified atom stereocenters. The molecule has 8 heteroatoms. The minimum Gasteiger partial charge on any atom is -0.272 e. The minimum absolute atomic E-state index is 0.0526. The van der Waals surface area contributed by atoms with E-state index in [0.717, 1.165) is 48.4 Å². The minimum atomic E-state index is -0.396. The molecule has 4 aliphatic carbocycles. The van der Waals surface area contributed by atoms with E-state index < -0.39 is 4.92 Å². The van der Waals surface area contributed by atoms with Gasteiger partial charge in [0.2, 0.25) is 0 Å². The maximum absolute atomic E-state index is 12.8. The first-order valence-electron chi connectivity index (χ1n) is 10.4. The molecule has 1 aromatic carbocycles. The van der Waals surface area contributed by atoms with Gasteiger partial charge in [0.15, 0.2) is 11.0 Å². The maximum Gasteiger partial charge on any atom is 0.269 e. The predicted octanol–water partition coefficient (Wildman–Crippen LogP) is 4.53. The molecule has 2 heterocycles. The zero-order chi connectivity index (χ0) is 19.8. The molecule has 29 heavy (non-hydrogen) atoms. The van der Waals surface area contributed by atoms with Crippen molar-refractivity contribution < 1.29 is 9.72 Å². The van der Waals surface area contributed by atoms with E-state index in [2.05, 4.69) is 0 Å². The molecule has 0 radical (unpaired) electrons. The number of fused-ring (bicyclic) bond motifs is 1. The van der Waals surface area contributed by atoms with Crippen molar-refractivity contribution in [2.24, 2.45) is 17.8 Å². The quantitative estimate of drug-likeness (QED) is 0.545. The average Bonchev–Trinajstić information content (AvgIpc) is 3.13. The van der Waals surface area contributed by atoms with Crippen molar-refractivity contribution in [1.29, 1.82) is 0 Å². The number of non-ortho nitro benzene ring substituents is 1. The van der Waals surface area contributed by atoms with Crippen LogP contribution in [0.15, 0.2) is 29.4 Å². The lowest BCUT2D eigenvalue weighted by Crippen LogP contribution is -2.49. The second kappa shape index (κ2) is 6.14. The van der Waals surface area contributed by atoms with Crippen LogP contribution in [-0.2, 0) is 5.41 Å². The molecule has 0 N–H and O–H groups in total. The van der Waals surface area contributed by atoms with Crippen LogP contribution in [0.1, 0.15) is 66.4 Å². The Morgan fingerprint density at radius 3 is 2.48 bits per heavy atom. The summed E-state index contributed by atoms with van der Waals surface area (Å²) in [5.41, 5.74) is 0.904. The number of thioether (sulfide) groups is 1. The molecule has 5 aliphatic rings. The highest BCUT2D eigenvalue weighted by atomic mass is 32.2. The predicted molar refractivity (Wildman–Crippen MR) is 107 cm³/mol. The van der Waals surface area contributed by atoms with Crippen LogP contribution in [0.2, 0.25) is 0 Å². The third-order valence-corrected chi connectivity index (χ3v) is 8.59. The molecule has 0 amide bonds. The normalized spacial score (nSPS) is 35.0. The summed E-state index contributed by atoms with van der Waals surface area (Å²) in [5, 5.41) is 16.3. The molecular weight excluding hydrogens is 388 g/mol. The Hall–Kier alpha value is -2.22. The van der Waals surface area contributed by atoms with Gasteiger partial charge >= 0.3 is 0 Å². The van der Waals surface area contributed by atoms with Gasteiger partial charge in [-0.25, -0.2) is 4.98 Å². The monoisotopic (exact) mass is 410 g/mol. The summed E-state index contributed by atoms with van der Waals surface area (Å²) < 4.78 is 1.49. The SMILES string of the molecule is O=C1C[C@@H](c2cccc([N+](=O)[O-])c2)Sc2nc(C34CC5CC(CC(C5)C3)C4)nn21. The highest BCUT2D eigenvalue weighted by molar-refractivity contribution is 7.99. The van der Waals surface area contributed by atoms with Gasteiger partial charge in [0.1, 0.15) is 0 Å². The first-order valence-corrected chi connectivity index (χ1v) is 11.3. The van der Waals surface area contributed by atoms with Gasteiger partial charge in [-0.2, -0.15) is 4.68 Å². The van der Waals surface area contributed by atoms with Gasteiger partial charge in [-0.15, -0.1) is 5.10 Å². The zero-order valence-corrected chi connectivity index (χ0v) is 16.8. The third kappa shape index (κ3) is 2.75. The summed E-state index contributed by atoms with van der Waals surface area (Å²) in [7, 11) is 0. The van der Waals surface area contributed by atoms with Crippen LogP contribution in [0.5, 0.6) is 0 Å². The van der Waals surface area contributed by atoms with E-state index in [4.69, 9.17) is 10.1 Å². The number of aromatic nitrogens is 3. The van der Waals surface area contributed by atoms with Crippen LogP contribution in [-0.4, -0.2) is 25.6 Å². The lowest BCUT2D eigenvalue weighted by Gasteiger charge is -2.55. The molecule has 2 aromatic rings. The number of nitrogens with zero attached hydrogens (tertiary/aromatic N) is 4. The summed E-state index contributed by atoms with van der Waals surface area (Å²) in [6.07, 6.45) is 7.84. The molecule has 1 atom stereocenters. The van der Waals surface area contributed by atoms with E-state index >= 15 is 0 Å². The van der Waals surface area contributed by atoms with E-state index in [1.807, 2.05) is 6.07 Å². The zero-order valence-electron chi connectivity index (χ0n) is 16.0. The molecule has 7 rings (SSSR count). The van der Waals surface area contributed by atoms with Crippen molar-refractivity contribution in [2.45, 2.75) is 60.8 Å². The van der Waals surface area contributed by atoms with Crippen LogP contribution in [0.25, 0.3) is 0 Å². The Kier molecular flexibility index (Phi) is 3.73. The number of hydrogen-bond donors (Lipinski definition) is 0. The average molecular weight is 410 g/mol. The van der Waals surface area contributed by atoms with E-state index in [-0.39, 0.29) is 28.7 Å². The molecule has 4 bridgehead atoms. The van der Waals surface area contributed by atoms with Crippen LogP contribution in [0.4, 0.5) is 5.69 Å². The van der Waals surface area contributed by atoms with Crippen LogP contribution >= 0.6 is 11.8 Å². The third-order valence-electron chi connectivity index (χ3n) is 7.39. The number of nitro groups is 1. The first-order chi connectivity index (χ1) is 14.0. The number of carbonyl (C=O) groups is 1. The van der Waals surface area contributed by atoms with E-state index in [9.17, 15) is 14.9 Å². The molecular formula is C21H22N4O3S. The molecule has 150 valence electrons. The summed E-state index contributed by atoms with van der Waals surface area (Å²) in [6.45, 7) is 0. The van der Waals surface area contributed by atoms with Crippen molar-refractivity contribution in [3.05, 3.63) is 45.8 Å². The van der Waals surface area contributed by atoms with Gasteiger partial charge in [0, 0.05) is 29.2 Å². The Morgan fingerprint density at radius 2 is 1.83 bits per heavy atom. The summed E-state index contributed by atoms with van der Waals surface area (Å²) in [5.74, 6) is 3.18. The second-order valence-corrected chi connectivity index (χ2v) is 10.6. The summed E-state index contributed by atoms with van der Waals surface area (Å²) in [6, 6.07) is 6.58. The Balaban J connectivity index is 1.33. The maximum atomic E-state index is 12.8. The van der Waals surface area contributed by atoms with E-state index in [0.29, 0.717) is 5.16 Å². The number of carbonyl (C=O) groups excluding carboxylic acids is 1. The van der Waals surface area contributed by atoms with Gasteiger partial charge in [-0.3, -0.25) is 14.9 Å². The summed E-state index contributed by atoms with van der Waals surface area (Å²) in [4.78, 5) is 28.4. The lowest BCUT2D eigenvalue weighted by atomic mass is 9.49. The van der Waals surface area contributed by atoms with Crippen molar-refractivity contribution in [1.82, 2.24) is 14.8 Å². The second-order valence-electron chi connectivity index (χ2n) is 9.38. The van der Waals surface area contributed by atoms with E-state index in [1.165, 1.54) is 41.8 Å². The highest BCUT2D eigenvalue weighted by Crippen LogP contribution is 2.60. The molecule has 7 nitrogen and oxygen atoms in total. The standard InChI is InChI=1S/C21H22N4O3S/c26-18-8-17(15-2-1-3-16(7-15)25(27)28)29-20-22-19(23-24(18)20)21-9-12-4-13(10-21)6-14(5-12)11-21/h1-3,7,12-14,17H,4-6,8-11H2/t12?,13?,14?,17-,21?/m0/s1. The number of benzene rings is 1. The molecule has 4 saturated carbocycles. The number of hydrogen-bond acceptors (Lipinski definition) is 6. The number of nitro benzene ring substituents is 1. The van der Waals surface area contributed by atoms with Gasteiger partial charge < -0.3 is 0 Å². The molecule has 4 fully saturated rings. The lowest BCUT2D eigenvalue weighted by molar-refractivity contribution is -0.384. The topological polar surface area (TPSA) is 90.9 Å². The fourth-order valence-corrected chi connectivity index (χ4v) is 7.73. The highest BCUT2D eigenvalue weighted by Gasteiger charge is 2.54. The molecule has 1 aliphatic heterocycles. The van der Waals surface area contributed by atoms with Gasteiger partial charge in [-0.05, 0) is 61.8 Å². The van der Waals surface area contributed by atoms with Crippen molar-refractivity contribution in [3.63, 3.8) is 0 Å². The van der Waals surface area contributed by atoms with Gasteiger partial charge in [0.05, 0.1) is 4.92 Å². The fourth-order valence-electron chi connectivity index (χ4n) is 6.58. The fraction of sp³-hybridized carbons (Fsp3) is 0.571. The molecule has 1 aromatic heterocycles. The van der Waals surface area contributed by atoms with Crippen molar-refractivity contribution in [3.8, 4) is 0 Å². The van der Waals surface area contributed by atoms with E-state index in [1.54, 1.807) is 12.1 Å². The smallest absolute Gasteiger partial charge is 0.269 e. The first kappa shape index (κ1) is 17.6. The molecule has 0 spiro atoms. The molecule has 0 saturated heterocycles. The number of rotatable bonds is 3. The Morgan fingerprint density at radius 1 is 1.14 bits per heavy atom. The largest absolute Gasteiger partial charge is 0.272 e. The van der Waals surface area contributed by atoms with Crippen LogP contribution in [0.3, 0.4) is 0 Å².